The second kappa shape index (κ2) is 4.82. The van der Waals surface area contributed by atoms with Crippen molar-refractivity contribution < 1.29 is 19.5 Å². The van der Waals surface area contributed by atoms with E-state index >= 15 is 0 Å². The highest BCUT2D eigenvalue weighted by Gasteiger charge is 2.30. The fourth-order valence-electron chi connectivity index (χ4n) is 1.41. The van der Waals surface area contributed by atoms with Crippen LogP contribution in [0.2, 0.25) is 0 Å². The summed E-state index contributed by atoms with van der Waals surface area (Å²) in [5.41, 5.74) is 0. The number of hydrogen-bond donors (Lipinski definition) is 3. The predicted octanol–water partition coefficient (Wildman–Crippen LogP) is -1.01. The molecule has 2 unspecified atom stereocenters. The summed E-state index contributed by atoms with van der Waals surface area (Å²) < 4.78 is 0. The summed E-state index contributed by atoms with van der Waals surface area (Å²) in [5, 5.41) is 13.2. The standard InChI is InChI=1S/C9H15N3O4/c1-5(8(14)15)10-9(16)11-6-3-4-12(2)7(6)13/h5-6H,3-4H2,1-2H3,(H,14,15)(H2,10,11,16). The Kier molecular flexibility index (Phi) is 3.70. The highest BCUT2D eigenvalue weighted by molar-refractivity contribution is 5.89. The molecule has 16 heavy (non-hydrogen) atoms. The zero-order valence-electron chi connectivity index (χ0n) is 9.19. The first kappa shape index (κ1) is 12.3. The van der Waals surface area contributed by atoms with E-state index in [-0.39, 0.29) is 5.91 Å². The molecule has 2 atom stereocenters. The number of carboxylic acids is 1. The Hall–Kier alpha value is -1.79. The minimum absolute atomic E-state index is 0.155. The smallest absolute Gasteiger partial charge is 0.325 e. The van der Waals surface area contributed by atoms with Gasteiger partial charge in [-0.25, -0.2) is 4.79 Å². The molecular weight excluding hydrogens is 214 g/mol. The van der Waals surface area contributed by atoms with E-state index in [4.69, 9.17) is 5.11 Å². The van der Waals surface area contributed by atoms with Crippen molar-refractivity contribution in [1.82, 2.24) is 15.5 Å². The molecule has 0 saturated carbocycles. The molecule has 1 heterocycles. The number of likely N-dealkylation sites (tertiary alicyclic amines) is 1. The largest absolute Gasteiger partial charge is 0.480 e. The normalized spacial score (nSPS) is 21.8. The minimum Gasteiger partial charge on any atom is -0.480 e. The van der Waals surface area contributed by atoms with Gasteiger partial charge in [0, 0.05) is 13.6 Å². The summed E-state index contributed by atoms with van der Waals surface area (Å²) in [6.45, 7) is 1.95. The van der Waals surface area contributed by atoms with Crippen LogP contribution in [0.4, 0.5) is 4.79 Å². The van der Waals surface area contributed by atoms with Gasteiger partial charge < -0.3 is 20.6 Å². The number of nitrogens with zero attached hydrogens (tertiary/aromatic N) is 1. The van der Waals surface area contributed by atoms with Gasteiger partial charge in [0.25, 0.3) is 0 Å². The van der Waals surface area contributed by atoms with Crippen LogP contribution in [0.25, 0.3) is 0 Å². The van der Waals surface area contributed by atoms with Crippen molar-refractivity contribution in [3.8, 4) is 0 Å². The molecule has 7 heteroatoms. The zero-order chi connectivity index (χ0) is 12.3. The van der Waals surface area contributed by atoms with Gasteiger partial charge >= 0.3 is 12.0 Å². The van der Waals surface area contributed by atoms with Crippen LogP contribution in [0.15, 0.2) is 0 Å². The lowest BCUT2D eigenvalue weighted by Crippen LogP contribution is -2.49. The molecule has 3 amide bonds. The van der Waals surface area contributed by atoms with E-state index in [2.05, 4.69) is 10.6 Å². The van der Waals surface area contributed by atoms with Crippen molar-refractivity contribution >= 4 is 17.9 Å². The summed E-state index contributed by atoms with van der Waals surface area (Å²) in [6.07, 6.45) is 0.546. The van der Waals surface area contributed by atoms with Crippen LogP contribution in [-0.2, 0) is 9.59 Å². The van der Waals surface area contributed by atoms with Crippen LogP contribution in [0, 0.1) is 0 Å². The number of carboxylic acid groups (broad SMARTS) is 1. The molecule has 1 aliphatic rings. The van der Waals surface area contributed by atoms with Gasteiger partial charge in [0.2, 0.25) is 5.91 Å². The molecule has 90 valence electrons. The highest BCUT2D eigenvalue weighted by atomic mass is 16.4. The third kappa shape index (κ3) is 2.85. The molecule has 1 saturated heterocycles. The molecule has 1 rings (SSSR count). The maximum absolute atomic E-state index is 11.4. The minimum atomic E-state index is -1.12. The third-order valence-electron chi connectivity index (χ3n) is 2.45. The molecule has 0 aliphatic carbocycles. The SMILES string of the molecule is CC(NC(=O)NC1CCN(C)C1=O)C(=O)O. The van der Waals surface area contributed by atoms with Gasteiger partial charge in [-0.2, -0.15) is 0 Å². The maximum Gasteiger partial charge on any atom is 0.325 e. The summed E-state index contributed by atoms with van der Waals surface area (Å²) in [6, 6.07) is -2.16. The summed E-state index contributed by atoms with van der Waals surface area (Å²) in [5.74, 6) is -1.27. The predicted molar refractivity (Wildman–Crippen MR) is 54.8 cm³/mol. The van der Waals surface area contributed by atoms with Crippen LogP contribution >= 0.6 is 0 Å². The number of amides is 3. The highest BCUT2D eigenvalue weighted by Crippen LogP contribution is 2.07. The topological polar surface area (TPSA) is 98.7 Å². The van der Waals surface area contributed by atoms with E-state index in [0.717, 1.165) is 0 Å². The molecule has 0 aromatic carbocycles. The Labute approximate surface area is 92.8 Å². The van der Waals surface area contributed by atoms with Gasteiger partial charge in [0.05, 0.1) is 0 Å². The van der Waals surface area contributed by atoms with Gasteiger partial charge in [0.1, 0.15) is 12.1 Å². The molecular formula is C9H15N3O4. The Balaban J connectivity index is 2.41. The Morgan fingerprint density at radius 1 is 1.56 bits per heavy atom. The number of carbonyl (C=O) groups excluding carboxylic acids is 2. The number of likely N-dealkylation sites (N-methyl/N-ethyl adjacent to an activating group) is 1. The lowest BCUT2D eigenvalue weighted by Gasteiger charge is -2.14. The van der Waals surface area contributed by atoms with Gasteiger partial charge in [-0.3, -0.25) is 9.59 Å². The zero-order valence-corrected chi connectivity index (χ0v) is 9.19. The average molecular weight is 229 g/mol. The number of hydrogen-bond acceptors (Lipinski definition) is 3. The van der Waals surface area contributed by atoms with Gasteiger partial charge in [-0.1, -0.05) is 0 Å². The van der Waals surface area contributed by atoms with Gasteiger partial charge in [0.15, 0.2) is 0 Å². The first-order valence-corrected chi connectivity index (χ1v) is 4.96. The molecule has 0 aromatic rings. The van der Waals surface area contributed by atoms with Crippen molar-refractivity contribution in [1.29, 1.82) is 0 Å². The van der Waals surface area contributed by atoms with E-state index in [1.54, 1.807) is 7.05 Å². The molecule has 0 radical (unpaired) electrons. The van der Waals surface area contributed by atoms with Crippen LogP contribution < -0.4 is 10.6 Å². The Morgan fingerprint density at radius 2 is 2.19 bits per heavy atom. The van der Waals surface area contributed by atoms with E-state index < -0.39 is 24.1 Å². The molecule has 3 N–H and O–H groups in total. The van der Waals surface area contributed by atoms with Crippen molar-refractivity contribution in [3.05, 3.63) is 0 Å². The van der Waals surface area contributed by atoms with E-state index in [0.29, 0.717) is 13.0 Å². The Morgan fingerprint density at radius 3 is 2.62 bits per heavy atom. The number of urea groups is 1. The summed E-state index contributed by atoms with van der Waals surface area (Å²) in [7, 11) is 1.65. The fraction of sp³-hybridized carbons (Fsp3) is 0.667. The van der Waals surface area contributed by atoms with Crippen molar-refractivity contribution in [2.75, 3.05) is 13.6 Å². The van der Waals surface area contributed by atoms with Crippen LogP contribution in [0.5, 0.6) is 0 Å². The van der Waals surface area contributed by atoms with Crippen molar-refractivity contribution in [3.63, 3.8) is 0 Å². The van der Waals surface area contributed by atoms with E-state index in [1.807, 2.05) is 0 Å². The Bertz CT molecular complexity index is 318. The van der Waals surface area contributed by atoms with Crippen molar-refractivity contribution in [2.45, 2.75) is 25.4 Å². The lowest BCUT2D eigenvalue weighted by atomic mass is 10.2. The summed E-state index contributed by atoms with van der Waals surface area (Å²) in [4.78, 5) is 34.7. The second-order valence-corrected chi connectivity index (χ2v) is 3.78. The van der Waals surface area contributed by atoms with Crippen LogP contribution in [0.3, 0.4) is 0 Å². The molecule has 0 aromatic heterocycles. The molecule has 0 bridgehead atoms. The van der Waals surface area contributed by atoms with Crippen LogP contribution in [-0.4, -0.2) is 53.6 Å². The fourth-order valence-corrected chi connectivity index (χ4v) is 1.41. The quantitative estimate of drug-likeness (QED) is 0.577. The van der Waals surface area contributed by atoms with Crippen molar-refractivity contribution in [2.24, 2.45) is 0 Å². The molecule has 1 aliphatic heterocycles. The molecule has 7 nitrogen and oxygen atoms in total. The average Bonchev–Trinajstić information content (AvgIpc) is 2.49. The first-order chi connectivity index (χ1) is 7.41. The van der Waals surface area contributed by atoms with E-state index in [1.165, 1.54) is 11.8 Å². The summed E-state index contributed by atoms with van der Waals surface area (Å²) >= 11 is 0. The maximum atomic E-state index is 11.4. The second-order valence-electron chi connectivity index (χ2n) is 3.78. The van der Waals surface area contributed by atoms with E-state index in [9.17, 15) is 14.4 Å². The third-order valence-corrected chi connectivity index (χ3v) is 2.45. The number of nitrogens with one attached hydrogen (secondary N) is 2. The number of aliphatic carboxylic acids is 1. The monoisotopic (exact) mass is 229 g/mol. The first-order valence-electron chi connectivity index (χ1n) is 4.96. The van der Waals surface area contributed by atoms with Crippen LogP contribution in [0.1, 0.15) is 13.3 Å². The lowest BCUT2D eigenvalue weighted by molar-refractivity contribution is -0.138. The van der Waals surface area contributed by atoms with Gasteiger partial charge in [-0.15, -0.1) is 0 Å². The molecule has 1 fully saturated rings. The van der Waals surface area contributed by atoms with Gasteiger partial charge in [-0.05, 0) is 13.3 Å². The number of carbonyl (C=O) groups is 3. The molecule has 0 spiro atoms. The number of rotatable bonds is 3.